The summed E-state index contributed by atoms with van der Waals surface area (Å²) in [6.45, 7) is 5.16. The third-order valence-electron chi connectivity index (χ3n) is 3.72. The van der Waals surface area contributed by atoms with Crippen LogP contribution >= 0.6 is 11.3 Å². The van der Waals surface area contributed by atoms with Crippen molar-refractivity contribution < 1.29 is 4.74 Å². The molecule has 0 unspecified atom stereocenters. The second kappa shape index (κ2) is 6.41. The molecular formula is C15H23N3OS. The van der Waals surface area contributed by atoms with Gasteiger partial charge in [0.25, 0.3) is 0 Å². The van der Waals surface area contributed by atoms with Crippen molar-refractivity contribution in [2.24, 2.45) is 7.05 Å². The number of methoxy groups -OCH3 is 1. The van der Waals surface area contributed by atoms with E-state index in [-0.39, 0.29) is 0 Å². The van der Waals surface area contributed by atoms with E-state index in [0.717, 1.165) is 24.5 Å². The molecular weight excluding hydrogens is 270 g/mol. The largest absolute Gasteiger partial charge is 0.481 e. The Morgan fingerprint density at radius 3 is 2.85 bits per heavy atom. The van der Waals surface area contributed by atoms with Gasteiger partial charge in [0.15, 0.2) is 0 Å². The van der Waals surface area contributed by atoms with Gasteiger partial charge in [-0.25, -0.2) is 4.68 Å². The van der Waals surface area contributed by atoms with Gasteiger partial charge in [0.05, 0.1) is 18.4 Å². The molecule has 0 saturated heterocycles. The molecule has 0 fully saturated rings. The van der Waals surface area contributed by atoms with Gasteiger partial charge in [0, 0.05) is 24.5 Å². The van der Waals surface area contributed by atoms with Crippen molar-refractivity contribution in [3.63, 3.8) is 0 Å². The molecule has 0 aliphatic carbocycles. The van der Waals surface area contributed by atoms with Gasteiger partial charge in [-0.15, -0.1) is 11.3 Å². The van der Waals surface area contributed by atoms with E-state index in [4.69, 9.17) is 4.74 Å². The maximum absolute atomic E-state index is 5.46. The van der Waals surface area contributed by atoms with Gasteiger partial charge in [-0.1, -0.05) is 6.07 Å². The highest BCUT2D eigenvalue weighted by atomic mass is 32.1. The fraction of sp³-hybridized carbons (Fsp3) is 0.533. The van der Waals surface area contributed by atoms with Crippen LogP contribution in [0.25, 0.3) is 0 Å². The summed E-state index contributed by atoms with van der Waals surface area (Å²) >= 11 is 1.82. The first-order valence-corrected chi connectivity index (χ1v) is 7.70. The van der Waals surface area contributed by atoms with E-state index in [0.29, 0.717) is 6.04 Å². The summed E-state index contributed by atoms with van der Waals surface area (Å²) in [5.74, 6) is 0.859. The lowest BCUT2D eigenvalue weighted by Crippen LogP contribution is -2.30. The molecule has 2 aromatic rings. The van der Waals surface area contributed by atoms with E-state index in [1.165, 1.54) is 10.4 Å². The second-order valence-corrected chi connectivity index (χ2v) is 6.28. The maximum Gasteiger partial charge on any atom is 0.216 e. The number of aryl methyl sites for hydroxylation is 2. The average molecular weight is 293 g/mol. The standard InChI is InChI=1S/C15H23N3OS/c1-11(9-13-7-6-8-20-13)17(3)10-14-12(2)16-18(4)15(14)19-5/h6-8,11H,9-10H2,1-5H3/t11-/m1/s1. The number of thiophene rings is 1. The highest BCUT2D eigenvalue weighted by Gasteiger charge is 2.18. The summed E-state index contributed by atoms with van der Waals surface area (Å²) in [4.78, 5) is 3.78. The Bertz CT molecular complexity index is 548. The quantitative estimate of drug-likeness (QED) is 0.820. The van der Waals surface area contributed by atoms with Crippen LogP contribution in [0.5, 0.6) is 5.88 Å². The van der Waals surface area contributed by atoms with Crippen LogP contribution in [-0.4, -0.2) is 34.9 Å². The van der Waals surface area contributed by atoms with Crippen LogP contribution in [-0.2, 0) is 20.0 Å². The van der Waals surface area contributed by atoms with Crippen LogP contribution in [0.3, 0.4) is 0 Å². The lowest BCUT2D eigenvalue weighted by molar-refractivity contribution is 0.244. The molecule has 0 spiro atoms. The predicted octanol–water partition coefficient (Wildman–Crippen LogP) is 2.86. The zero-order valence-corrected chi connectivity index (χ0v) is 13.7. The van der Waals surface area contributed by atoms with Crippen LogP contribution < -0.4 is 4.74 Å². The molecule has 20 heavy (non-hydrogen) atoms. The number of nitrogens with zero attached hydrogens (tertiary/aromatic N) is 3. The highest BCUT2D eigenvalue weighted by Crippen LogP contribution is 2.23. The van der Waals surface area contributed by atoms with Gasteiger partial charge in [0.2, 0.25) is 5.88 Å². The molecule has 4 nitrogen and oxygen atoms in total. The van der Waals surface area contributed by atoms with E-state index in [2.05, 4.69) is 41.5 Å². The van der Waals surface area contributed by atoms with Crippen molar-refractivity contribution in [3.8, 4) is 5.88 Å². The molecule has 2 aromatic heterocycles. The summed E-state index contributed by atoms with van der Waals surface area (Å²) in [7, 11) is 5.78. The first-order valence-electron chi connectivity index (χ1n) is 6.82. The summed E-state index contributed by atoms with van der Waals surface area (Å²) in [5, 5.41) is 6.57. The van der Waals surface area contributed by atoms with Gasteiger partial charge in [-0.2, -0.15) is 5.10 Å². The summed E-state index contributed by atoms with van der Waals surface area (Å²) in [6.07, 6.45) is 1.08. The lowest BCUT2D eigenvalue weighted by atomic mass is 10.1. The predicted molar refractivity (Wildman–Crippen MR) is 83.4 cm³/mol. The average Bonchev–Trinajstić information content (AvgIpc) is 2.98. The fourth-order valence-electron chi connectivity index (χ4n) is 2.40. The number of hydrogen-bond donors (Lipinski definition) is 0. The molecule has 0 amide bonds. The van der Waals surface area contributed by atoms with Crippen molar-refractivity contribution in [3.05, 3.63) is 33.6 Å². The first-order chi connectivity index (χ1) is 9.52. The molecule has 110 valence electrons. The number of aromatic nitrogens is 2. The van der Waals surface area contributed by atoms with Crippen molar-refractivity contribution in [2.45, 2.75) is 32.9 Å². The van der Waals surface area contributed by atoms with Crippen molar-refractivity contribution in [1.29, 1.82) is 0 Å². The van der Waals surface area contributed by atoms with Crippen LogP contribution in [0.15, 0.2) is 17.5 Å². The van der Waals surface area contributed by atoms with E-state index >= 15 is 0 Å². The van der Waals surface area contributed by atoms with E-state index in [1.54, 1.807) is 7.11 Å². The smallest absolute Gasteiger partial charge is 0.216 e. The Kier molecular flexibility index (Phi) is 4.83. The molecule has 0 N–H and O–H groups in total. The van der Waals surface area contributed by atoms with Gasteiger partial charge >= 0.3 is 0 Å². The molecule has 0 aliphatic rings. The molecule has 0 aromatic carbocycles. The van der Waals surface area contributed by atoms with Gasteiger partial charge in [0.1, 0.15) is 0 Å². The van der Waals surface area contributed by atoms with E-state index in [1.807, 2.05) is 30.0 Å². The monoisotopic (exact) mass is 293 g/mol. The zero-order valence-electron chi connectivity index (χ0n) is 12.9. The minimum atomic E-state index is 0.484. The number of ether oxygens (including phenoxy) is 1. The van der Waals surface area contributed by atoms with Crippen molar-refractivity contribution >= 4 is 11.3 Å². The molecule has 0 bridgehead atoms. The molecule has 5 heteroatoms. The molecule has 0 saturated carbocycles. The van der Waals surface area contributed by atoms with Gasteiger partial charge < -0.3 is 4.74 Å². The summed E-state index contributed by atoms with van der Waals surface area (Å²) in [5.41, 5.74) is 2.22. The Labute approximate surface area is 125 Å². The van der Waals surface area contributed by atoms with Gasteiger partial charge in [-0.3, -0.25) is 4.90 Å². The Balaban J connectivity index is 2.05. The second-order valence-electron chi connectivity index (χ2n) is 5.24. The molecule has 0 aliphatic heterocycles. The minimum absolute atomic E-state index is 0.484. The van der Waals surface area contributed by atoms with Crippen LogP contribution in [0.4, 0.5) is 0 Å². The third kappa shape index (κ3) is 3.22. The zero-order chi connectivity index (χ0) is 14.7. The molecule has 2 heterocycles. The van der Waals surface area contributed by atoms with E-state index < -0.39 is 0 Å². The summed E-state index contributed by atoms with van der Waals surface area (Å²) < 4.78 is 7.27. The van der Waals surface area contributed by atoms with E-state index in [9.17, 15) is 0 Å². The number of likely N-dealkylation sites (N-methyl/N-ethyl adjacent to an activating group) is 1. The van der Waals surface area contributed by atoms with Crippen molar-refractivity contribution in [2.75, 3.05) is 14.2 Å². The number of rotatable bonds is 6. The Hall–Kier alpha value is -1.33. The maximum atomic E-state index is 5.46. The van der Waals surface area contributed by atoms with Crippen LogP contribution in [0.2, 0.25) is 0 Å². The number of hydrogen-bond acceptors (Lipinski definition) is 4. The first kappa shape index (κ1) is 15.1. The van der Waals surface area contributed by atoms with Crippen LogP contribution in [0, 0.1) is 6.92 Å². The van der Waals surface area contributed by atoms with Crippen molar-refractivity contribution in [1.82, 2.24) is 14.7 Å². The van der Waals surface area contributed by atoms with Crippen LogP contribution in [0.1, 0.15) is 23.1 Å². The lowest BCUT2D eigenvalue weighted by Gasteiger charge is -2.24. The molecule has 0 radical (unpaired) electrons. The Morgan fingerprint density at radius 2 is 2.25 bits per heavy atom. The third-order valence-corrected chi connectivity index (χ3v) is 4.62. The SMILES string of the molecule is COc1c(CN(C)[C@H](C)Cc2cccs2)c(C)nn1C. The Morgan fingerprint density at radius 1 is 1.50 bits per heavy atom. The molecule has 1 atom stereocenters. The topological polar surface area (TPSA) is 30.3 Å². The minimum Gasteiger partial charge on any atom is -0.481 e. The fourth-order valence-corrected chi connectivity index (χ4v) is 3.23. The highest BCUT2D eigenvalue weighted by molar-refractivity contribution is 7.09. The summed E-state index contributed by atoms with van der Waals surface area (Å²) in [6, 6.07) is 4.80. The molecule has 2 rings (SSSR count). The normalized spacial score (nSPS) is 12.9. The van der Waals surface area contributed by atoms with Gasteiger partial charge in [-0.05, 0) is 38.8 Å².